The standard InChI is InChI=1S/C10H12Br2ClNO2S/c1-7(5-13)6-17(15,16)14-10-3-2-8(11)4-9(10)12/h2-4,7,14H,5-6H2,1H3. The van der Waals surface area contributed by atoms with E-state index in [-0.39, 0.29) is 11.7 Å². The molecule has 1 N–H and O–H groups in total. The number of anilines is 1. The van der Waals surface area contributed by atoms with Crippen LogP contribution < -0.4 is 4.72 Å². The largest absolute Gasteiger partial charge is 0.282 e. The molecule has 0 fully saturated rings. The highest BCUT2D eigenvalue weighted by atomic mass is 79.9. The molecule has 1 rings (SSSR count). The van der Waals surface area contributed by atoms with Gasteiger partial charge in [-0.05, 0) is 40.0 Å². The van der Waals surface area contributed by atoms with E-state index in [0.717, 1.165) is 4.47 Å². The third-order valence-corrected chi connectivity index (χ3v) is 5.18. The summed E-state index contributed by atoms with van der Waals surface area (Å²) in [6, 6.07) is 5.24. The summed E-state index contributed by atoms with van der Waals surface area (Å²) in [5.74, 6) is 0.255. The first-order valence-electron chi connectivity index (χ1n) is 4.85. The summed E-state index contributed by atoms with van der Waals surface area (Å²) < 4.78 is 27.7. The van der Waals surface area contributed by atoms with Crippen LogP contribution in [-0.2, 0) is 10.0 Å². The number of nitrogens with one attached hydrogen (secondary N) is 1. The molecule has 3 nitrogen and oxygen atoms in total. The molecule has 0 heterocycles. The number of benzene rings is 1. The van der Waals surface area contributed by atoms with Gasteiger partial charge in [-0.3, -0.25) is 4.72 Å². The molecule has 7 heteroatoms. The number of hydrogen-bond acceptors (Lipinski definition) is 2. The van der Waals surface area contributed by atoms with E-state index < -0.39 is 10.0 Å². The molecule has 0 bridgehead atoms. The Morgan fingerprint density at radius 2 is 2.06 bits per heavy atom. The van der Waals surface area contributed by atoms with E-state index in [1.165, 1.54) is 0 Å². The zero-order valence-electron chi connectivity index (χ0n) is 9.08. The summed E-state index contributed by atoms with van der Waals surface area (Å²) in [6.07, 6.45) is 0. The van der Waals surface area contributed by atoms with E-state index in [1.807, 2.05) is 0 Å². The van der Waals surface area contributed by atoms with Crippen molar-refractivity contribution >= 4 is 59.2 Å². The normalized spacial score (nSPS) is 13.4. The van der Waals surface area contributed by atoms with Gasteiger partial charge in [-0.25, -0.2) is 8.42 Å². The van der Waals surface area contributed by atoms with Crippen molar-refractivity contribution in [1.29, 1.82) is 0 Å². The van der Waals surface area contributed by atoms with Crippen molar-refractivity contribution < 1.29 is 8.42 Å². The van der Waals surface area contributed by atoms with Gasteiger partial charge in [-0.15, -0.1) is 11.6 Å². The van der Waals surface area contributed by atoms with Gasteiger partial charge in [0.1, 0.15) is 0 Å². The van der Waals surface area contributed by atoms with E-state index in [4.69, 9.17) is 11.6 Å². The minimum atomic E-state index is -3.36. The Morgan fingerprint density at radius 3 is 2.59 bits per heavy atom. The second kappa shape index (κ2) is 6.41. The molecule has 1 atom stereocenters. The minimum Gasteiger partial charge on any atom is -0.282 e. The van der Waals surface area contributed by atoms with Crippen molar-refractivity contribution in [2.24, 2.45) is 5.92 Å². The number of alkyl halides is 1. The number of sulfonamides is 1. The third-order valence-electron chi connectivity index (χ3n) is 1.96. The van der Waals surface area contributed by atoms with Gasteiger partial charge in [-0.2, -0.15) is 0 Å². The average Bonchev–Trinajstić information content (AvgIpc) is 2.21. The van der Waals surface area contributed by atoms with Crippen LogP contribution in [0.3, 0.4) is 0 Å². The SMILES string of the molecule is CC(CCl)CS(=O)(=O)Nc1ccc(Br)cc1Br. The molecule has 1 aromatic rings. The molecule has 0 aliphatic carbocycles. The van der Waals surface area contributed by atoms with Gasteiger partial charge in [0.25, 0.3) is 0 Å². The molecule has 96 valence electrons. The predicted octanol–water partition coefficient (Wildman–Crippen LogP) is 3.83. The van der Waals surface area contributed by atoms with Crippen LogP contribution in [0.4, 0.5) is 5.69 Å². The molecule has 17 heavy (non-hydrogen) atoms. The van der Waals surface area contributed by atoms with Crippen molar-refractivity contribution in [2.45, 2.75) is 6.92 Å². The first kappa shape index (κ1) is 15.3. The predicted molar refractivity (Wildman–Crippen MR) is 79.1 cm³/mol. The Kier molecular flexibility index (Phi) is 5.76. The van der Waals surface area contributed by atoms with Crippen molar-refractivity contribution in [3.63, 3.8) is 0 Å². The Balaban J connectivity index is 2.83. The van der Waals surface area contributed by atoms with Crippen LogP contribution >= 0.6 is 43.5 Å². The molecule has 1 aromatic carbocycles. The lowest BCUT2D eigenvalue weighted by Crippen LogP contribution is -2.22. The van der Waals surface area contributed by atoms with Crippen LogP contribution in [0.5, 0.6) is 0 Å². The van der Waals surface area contributed by atoms with Crippen LogP contribution in [0.1, 0.15) is 6.92 Å². The Bertz CT molecular complexity index is 493. The van der Waals surface area contributed by atoms with Crippen LogP contribution in [-0.4, -0.2) is 20.1 Å². The molecule has 0 saturated carbocycles. The quantitative estimate of drug-likeness (QED) is 0.757. The second-order valence-electron chi connectivity index (χ2n) is 3.77. The van der Waals surface area contributed by atoms with E-state index in [9.17, 15) is 8.42 Å². The molecule has 1 unspecified atom stereocenters. The van der Waals surface area contributed by atoms with Crippen LogP contribution in [0.25, 0.3) is 0 Å². The zero-order chi connectivity index (χ0) is 13.1. The van der Waals surface area contributed by atoms with Crippen molar-refractivity contribution in [3.8, 4) is 0 Å². The smallest absolute Gasteiger partial charge is 0.233 e. The van der Waals surface area contributed by atoms with Gasteiger partial charge >= 0.3 is 0 Å². The number of hydrogen-bond donors (Lipinski definition) is 1. The number of rotatable bonds is 5. The van der Waals surface area contributed by atoms with Gasteiger partial charge in [0.2, 0.25) is 10.0 Å². The fourth-order valence-corrected chi connectivity index (χ4v) is 4.18. The van der Waals surface area contributed by atoms with Gasteiger partial charge in [-0.1, -0.05) is 22.9 Å². The fourth-order valence-electron chi connectivity index (χ4n) is 1.20. The summed E-state index contributed by atoms with van der Waals surface area (Å²) in [5.41, 5.74) is 0.523. The van der Waals surface area contributed by atoms with E-state index >= 15 is 0 Å². The van der Waals surface area contributed by atoms with Crippen molar-refractivity contribution in [1.82, 2.24) is 0 Å². The average molecular weight is 406 g/mol. The van der Waals surface area contributed by atoms with Crippen LogP contribution in [0.2, 0.25) is 0 Å². The Labute approximate surface area is 123 Å². The molecular formula is C10H12Br2ClNO2S. The molecular weight excluding hydrogens is 393 g/mol. The summed E-state index contributed by atoms with van der Waals surface area (Å²) in [4.78, 5) is 0. The first-order chi connectivity index (χ1) is 7.84. The fraction of sp³-hybridized carbons (Fsp3) is 0.400. The number of halogens is 3. The highest BCUT2D eigenvalue weighted by Gasteiger charge is 2.16. The molecule has 0 saturated heterocycles. The molecule has 0 amide bonds. The minimum absolute atomic E-state index is 0.0129. The molecule has 0 aliphatic heterocycles. The summed E-state index contributed by atoms with van der Waals surface area (Å²) in [6.45, 7) is 1.79. The second-order valence-corrected chi connectivity index (χ2v) is 7.61. The van der Waals surface area contributed by atoms with E-state index in [1.54, 1.807) is 25.1 Å². The van der Waals surface area contributed by atoms with E-state index in [2.05, 4.69) is 36.6 Å². The monoisotopic (exact) mass is 403 g/mol. The van der Waals surface area contributed by atoms with Crippen LogP contribution in [0, 0.1) is 5.92 Å². The summed E-state index contributed by atoms with van der Waals surface area (Å²) in [5, 5.41) is 0. The summed E-state index contributed by atoms with van der Waals surface area (Å²) in [7, 11) is -3.36. The van der Waals surface area contributed by atoms with Crippen LogP contribution in [0.15, 0.2) is 27.1 Å². The maximum atomic E-state index is 11.8. The van der Waals surface area contributed by atoms with Crippen molar-refractivity contribution in [2.75, 3.05) is 16.4 Å². The zero-order valence-corrected chi connectivity index (χ0v) is 13.8. The van der Waals surface area contributed by atoms with E-state index in [0.29, 0.717) is 16.0 Å². The summed E-state index contributed by atoms with van der Waals surface area (Å²) >= 11 is 12.2. The third kappa shape index (κ3) is 5.16. The maximum absolute atomic E-state index is 11.8. The van der Waals surface area contributed by atoms with Gasteiger partial charge in [0.15, 0.2) is 0 Å². The highest BCUT2D eigenvalue weighted by Crippen LogP contribution is 2.27. The Hall–Kier alpha value is 0.220. The molecule has 0 aliphatic rings. The topological polar surface area (TPSA) is 46.2 Å². The molecule has 0 spiro atoms. The van der Waals surface area contributed by atoms with Gasteiger partial charge in [0.05, 0.1) is 11.4 Å². The first-order valence-corrected chi connectivity index (χ1v) is 8.63. The Morgan fingerprint density at radius 1 is 1.41 bits per heavy atom. The lowest BCUT2D eigenvalue weighted by atomic mass is 10.3. The lowest BCUT2D eigenvalue weighted by Gasteiger charge is -2.12. The molecule has 0 radical (unpaired) electrons. The van der Waals surface area contributed by atoms with Gasteiger partial charge in [0, 0.05) is 14.8 Å². The molecule has 0 aromatic heterocycles. The lowest BCUT2D eigenvalue weighted by molar-refractivity contribution is 0.588. The van der Waals surface area contributed by atoms with Gasteiger partial charge < -0.3 is 0 Å². The highest BCUT2D eigenvalue weighted by molar-refractivity contribution is 9.11. The maximum Gasteiger partial charge on any atom is 0.233 e. The van der Waals surface area contributed by atoms with Crippen molar-refractivity contribution in [3.05, 3.63) is 27.1 Å².